The molecule has 1 saturated heterocycles. The van der Waals surface area contributed by atoms with Crippen LogP contribution in [0.15, 0.2) is 12.1 Å². The van der Waals surface area contributed by atoms with Crippen molar-refractivity contribution in [3.05, 3.63) is 29.1 Å². The Balaban J connectivity index is 2.25. The number of likely N-dealkylation sites (tertiary alicyclic amines) is 1. The molecule has 1 aliphatic heterocycles. The van der Waals surface area contributed by atoms with Gasteiger partial charge in [-0.15, -0.1) is 0 Å². The Labute approximate surface area is 110 Å². The zero-order valence-corrected chi connectivity index (χ0v) is 10.7. The number of carboxylic acids is 1. The highest BCUT2D eigenvalue weighted by atomic mass is 16.4. The molecule has 0 bridgehead atoms. The van der Waals surface area contributed by atoms with Gasteiger partial charge in [-0.05, 0) is 31.9 Å². The molecule has 1 atom stereocenters. The molecule has 6 heteroatoms. The van der Waals surface area contributed by atoms with Crippen LogP contribution in [-0.4, -0.2) is 51.2 Å². The number of aromatic carboxylic acids is 1. The molecule has 1 aromatic rings. The number of aromatic nitrogens is 1. The second kappa shape index (κ2) is 5.36. The number of aliphatic hydroxyl groups excluding tert-OH is 1. The predicted molar refractivity (Wildman–Crippen MR) is 67.1 cm³/mol. The van der Waals surface area contributed by atoms with E-state index in [1.165, 1.54) is 12.1 Å². The number of carbonyl (C=O) groups excluding carboxylic acids is 1. The molecule has 0 spiro atoms. The van der Waals surface area contributed by atoms with Crippen LogP contribution in [0.3, 0.4) is 0 Å². The maximum absolute atomic E-state index is 12.3. The monoisotopic (exact) mass is 264 g/mol. The van der Waals surface area contributed by atoms with Gasteiger partial charge in [-0.3, -0.25) is 4.79 Å². The normalized spacial score (nSPS) is 18.6. The smallest absolute Gasteiger partial charge is 0.337 e. The van der Waals surface area contributed by atoms with Crippen molar-refractivity contribution in [1.82, 2.24) is 9.88 Å². The lowest BCUT2D eigenvalue weighted by molar-refractivity contribution is 0.0664. The Morgan fingerprint density at radius 1 is 1.47 bits per heavy atom. The minimum Gasteiger partial charge on any atom is -0.478 e. The van der Waals surface area contributed by atoms with Gasteiger partial charge in [0.25, 0.3) is 5.91 Å². The second-order valence-electron chi connectivity index (χ2n) is 4.61. The first-order valence-electron chi connectivity index (χ1n) is 6.17. The summed E-state index contributed by atoms with van der Waals surface area (Å²) in [6.07, 6.45) is 1.65. The molecule has 2 heterocycles. The number of pyridine rings is 1. The van der Waals surface area contributed by atoms with Gasteiger partial charge in [0.1, 0.15) is 5.69 Å². The van der Waals surface area contributed by atoms with Gasteiger partial charge >= 0.3 is 5.97 Å². The van der Waals surface area contributed by atoms with Gasteiger partial charge in [0, 0.05) is 6.54 Å². The second-order valence-corrected chi connectivity index (χ2v) is 4.61. The van der Waals surface area contributed by atoms with Gasteiger partial charge in [0.05, 0.1) is 23.9 Å². The van der Waals surface area contributed by atoms with Crippen LogP contribution in [0.25, 0.3) is 0 Å². The molecule has 1 aromatic heterocycles. The summed E-state index contributed by atoms with van der Waals surface area (Å²) < 4.78 is 0. The van der Waals surface area contributed by atoms with Crippen LogP contribution in [0.5, 0.6) is 0 Å². The van der Waals surface area contributed by atoms with E-state index in [9.17, 15) is 14.7 Å². The molecule has 19 heavy (non-hydrogen) atoms. The topological polar surface area (TPSA) is 90.7 Å². The van der Waals surface area contributed by atoms with Gasteiger partial charge in [0.15, 0.2) is 0 Å². The Kier molecular flexibility index (Phi) is 3.80. The fourth-order valence-corrected chi connectivity index (χ4v) is 2.35. The number of nitrogens with zero attached hydrogens (tertiary/aromatic N) is 2. The van der Waals surface area contributed by atoms with Crippen LogP contribution >= 0.6 is 0 Å². The molecular weight excluding hydrogens is 248 g/mol. The van der Waals surface area contributed by atoms with Crippen LogP contribution in [-0.2, 0) is 0 Å². The number of carboxylic acid groups (broad SMARTS) is 1. The van der Waals surface area contributed by atoms with Gasteiger partial charge in [0.2, 0.25) is 0 Å². The minimum absolute atomic E-state index is 0.0576. The summed E-state index contributed by atoms with van der Waals surface area (Å²) in [4.78, 5) is 28.8. The number of rotatable bonds is 3. The minimum atomic E-state index is -1.06. The van der Waals surface area contributed by atoms with E-state index < -0.39 is 5.97 Å². The third-order valence-electron chi connectivity index (χ3n) is 3.38. The summed E-state index contributed by atoms with van der Waals surface area (Å²) in [5.74, 6) is -1.31. The zero-order valence-electron chi connectivity index (χ0n) is 10.7. The number of hydrogen-bond donors (Lipinski definition) is 2. The van der Waals surface area contributed by atoms with Crippen molar-refractivity contribution in [1.29, 1.82) is 0 Å². The average Bonchev–Trinajstić information content (AvgIpc) is 2.85. The summed E-state index contributed by atoms with van der Waals surface area (Å²) in [5.41, 5.74) is 0.637. The van der Waals surface area contributed by atoms with Crippen LogP contribution in [0.1, 0.15) is 39.4 Å². The Hall–Kier alpha value is -1.95. The molecular formula is C13H16N2O4. The van der Waals surface area contributed by atoms with E-state index in [2.05, 4.69) is 4.98 Å². The number of aryl methyl sites for hydroxylation is 1. The SMILES string of the molecule is Cc1nc(C(=O)N2CCCC2CO)ccc1C(=O)O. The first kappa shape index (κ1) is 13.5. The van der Waals surface area contributed by atoms with E-state index in [-0.39, 0.29) is 29.8 Å². The maximum atomic E-state index is 12.3. The third kappa shape index (κ3) is 2.58. The Morgan fingerprint density at radius 3 is 2.79 bits per heavy atom. The quantitative estimate of drug-likeness (QED) is 0.838. The van der Waals surface area contributed by atoms with Gasteiger partial charge in [-0.25, -0.2) is 9.78 Å². The predicted octanol–water partition coefficient (Wildman–Crippen LogP) is 0.685. The molecule has 1 amide bonds. The number of hydrogen-bond acceptors (Lipinski definition) is 4. The summed E-state index contributed by atoms with van der Waals surface area (Å²) in [6.45, 7) is 2.11. The van der Waals surface area contributed by atoms with E-state index in [1.54, 1.807) is 11.8 Å². The molecule has 0 saturated carbocycles. The molecule has 1 unspecified atom stereocenters. The molecule has 0 aliphatic carbocycles. The summed E-state index contributed by atoms with van der Waals surface area (Å²) in [6, 6.07) is 2.65. The Morgan fingerprint density at radius 2 is 2.21 bits per heavy atom. The highest BCUT2D eigenvalue weighted by Crippen LogP contribution is 2.19. The van der Waals surface area contributed by atoms with Crippen molar-refractivity contribution in [2.24, 2.45) is 0 Å². The summed E-state index contributed by atoms with van der Waals surface area (Å²) in [5, 5.41) is 18.1. The van der Waals surface area contributed by atoms with Crippen LogP contribution in [0.4, 0.5) is 0 Å². The van der Waals surface area contributed by atoms with Gasteiger partial charge in [-0.2, -0.15) is 0 Å². The van der Waals surface area contributed by atoms with Crippen LogP contribution in [0.2, 0.25) is 0 Å². The number of carbonyl (C=O) groups is 2. The lowest BCUT2D eigenvalue weighted by atomic mass is 10.1. The summed E-state index contributed by atoms with van der Waals surface area (Å²) in [7, 11) is 0. The third-order valence-corrected chi connectivity index (χ3v) is 3.38. The highest BCUT2D eigenvalue weighted by Gasteiger charge is 2.29. The largest absolute Gasteiger partial charge is 0.478 e. The number of aliphatic hydroxyl groups is 1. The van der Waals surface area contributed by atoms with Crippen molar-refractivity contribution < 1.29 is 19.8 Å². The molecule has 102 valence electrons. The van der Waals surface area contributed by atoms with Crippen molar-refractivity contribution in [3.63, 3.8) is 0 Å². The first-order chi connectivity index (χ1) is 9.04. The lowest BCUT2D eigenvalue weighted by Gasteiger charge is -2.22. The van der Waals surface area contributed by atoms with Gasteiger partial charge in [-0.1, -0.05) is 0 Å². The lowest BCUT2D eigenvalue weighted by Crippen LogP contribution is -2.38. The molecule has 2 N–H and O–H groups in total. The maximum Gasteiger partial charge on any atom is 0.337 e. The van der Waals surface area contributed by atoms with Crippen molar-refractivity contribution >= 4 is 11.9 Å². The molecule has 1 fully saturated rings. The first-order valence-corrected chi connectivity index (χ1v) is 6.17. The van der Waals surface area contributed by atoms with Crippen molar-refractivity contribution in [2.45, 2.75) is 25.8 Å². The zero-order chi connectivity index (χ0) is 14.0. The number of amides is 1. The van der Waals surface area contributed by atoms with Crippen molar-refractivity contribution in [2.75, 3.05) is 13.2 Å². The fourth-order valence-electron chi connectivity index (χ4n) is 2.35. The molecule has 6 nitrogen and oxygen atoms in total. The van der Waals surface area contributed by atoms with Crippen molar-refractivity contribution in [3.8, 4) is 0 Å². The molecule has 2 rings (SSSR count). The van der Waals surface area contributed by atoms with E-state index in [4.69, 9.17) is 5.11 Å². The van der Waals surface area contributed by atoms with Crippen LogP contribution < -0.4 is 0 Å². The molecule has 0 radical (unpaired) electrons. The summed E-state index contributed by atoms with van der Waals surface area (Å²) >= 11 is 0. The molecule has 0 aromatic carbocycles. The van der Waals surface area contributed by atoms with Gasteiger partial charge < -0.3 is 15.1 Å². The van der Waals surface area contributed by atoms with E-state index >= 15 is 0 Å². The van der Waals surface area contributed by atoms with E-state index in [1.807, 2.05) is 0 Å². The van der Waals surface area contributed by atoms with E-state index in [0.29, 0.717) is 12.2 Å². The standard InChI is InChI=1S/C13H16N2O4/c1-8-10(13(18)19)4-5-11(14-8)12(17)15-6-2-3-9(15)7-16/h4-5,9,16H,2-3,6-7H2,1H3,(H,18,19). The highest BCUT2D eigenvalue weighted by molar-refractivity contribution is 5.94. The molecule has 1 aliphatic rings. The fraction of sp³-hybridized carbons (Fsp3) is 0.462. The Bertz CT molecular complexity index is 515. The van der Waals surface area contributed by atoms with Crippen LogP contribution in [0, 0.1) is 6.92 Å². The van der Waals surface area contributed by atoms with E-state index in [0.717, 1.165) is 12.8 Å². The average molecular weight is 264 g/mol.